The van der Waals surface area contributed by atoms with Crippen LogP contribution in [0.3, 0.4) is 0 Å². The van der Waals surface area contributed by atoms with Gasteiger partial charge in [0.2, 0.25) is 0 Å². The minimum absolute atomic E-state index is 0.298. The number of nitrogen functional groups attached to an aromatic ring is 1. The van der Waals surface area contributed by atoms with Gasteiger partial charge in [0.25, 0.3) is 0 Å². The van der Waals surface area contributed by atoms with Crippen molar-refractivity contribution < 1.29 is 9.47 Å². The van der Waals surface area contributed by atoms with Crippen LogP contribution in [-0.4, -0.2) is 13.2 Å². The Kier molecular flexibility index (Phi) is 4.79. The number of hydrogen-bond donors (Lipinski definition) is 1. The van der Waals surface area contributed by atoms with E-state index in [0.717, 1.165) is 18.1 Å². The molecule has 0 heterocycles. The van der Waals surface area contributed by atoms with Crippen LogP contribution in [0.4, 0.5) is 5.69 Å². The topological polar surface area (TPSA) is 44.5 Å². The maximum absolute atomic E-state index is 6.26. The monoisotopic (exact) mass is 277 g/mol. The van der Waals surface area contributed by atoms with Crippen molar-refractivity contribution in [2.75, 3.05) is 12.8 Å². The van der Waals surface area contributed by atoms with Crippen LogP contribution in [0.5, 0.6) is 11.5 Å². The molecule has 20 heavy (non-hydrogen) atoms. The highest BCUT2D eigenvalue weighted by Crippen LogP contribution is 2.37. The van der Waals surface area contributed by atoms with E-state index in [1.165, 1.54) is 12.8 Å². The summed E-state index contributed by atoms with van der Waals surface area (Å²) in [6.07, 6.45) is 4.01. The Labute approximate surface area is 122 Å². The minimum Gasteiger partial charge on any atom is -0.494 e. The van der Waals surface area contributed by atoms with Gasteiger partial charge in [-0.2, -0.15) is 0 Å². The lowest BCUT2D eigenvalue weighted by Crippen LogP contribution is -2.36. The molecular weight excluding hydrogens is 250 g/mol. The highest BCUT2D eigenvalue weighted by atomic mass is 16.5. The van der Waals surface area contributed by atoms with Crippen molar-refractivity contribution in [1.82, 2.24) is 0 Å². The van der Waals surface area contributed by atoms with Gasteiger partial charge >= 0.3 is 0 Å². The molecule has 0 aliphatic heterocycles. The van der Waals surface area contributed by atoms with Gasteiger partial charge in [0.15, 0.2) is 0 Å². The van der Waals surface area contributed by atoms with Crippen LogP contribution in [0.25, 0.3) is 0 Å². The van der Waals surface area contributed by atoms with Crippen LogP contribution in [-0.2, 0) is 0 Å². The smallest absolute Gasteiger partial charge is 0.145 e. The Morgan fingerprint density at radius 2 is 2.00 bits per heavy atom. The highest BCUT2D eigenvalue weighted by Gasteiger charge is 2.32. The first kappa shape index (κ1) is 15.0. The van der Waals surface area contributed by atoms with Crippen LogP contribution in [0.1, 0.15) is 40.0 Å². The van der Waals surface area contributed by atoms with Crippen LogP contribution < -0.4 is 15.2 Å². The maximum atomic E-state index is 6.26. The van der Waals surface area contributed by atoms with E-state index < -0.39 is 0 Å². The third-order valence-corrected chi connectivity index (χ3v) is 4.45. The standard InChI is InChI=1S/C17H27NO2/c1-11(2)14-7-5-12(3)9-16(14)20-13-6-8-15(18)17(10-13)19-4/h6,8,10-12,14,16H,5,7,9,18H2,1-4H3. The molecule has 1 aromatic rings. The number of nitrogens with two attached hydrogens (primary N) is 1. The maximum Gasteiger partial charge on any atom is 0.145 e. The zero-order chi connectivity index (χ0) is 14.7. The Balaban J connectivity index is 2.13. The Morgan fingerprint density at radius 1 is 1.25 bits per heavy atom. The molecule has 0 radical (unpaired) electrons. The van der Waals surface area contributed by atoms with Gasteiger partial charge in [-0.3, -0.25) is 0 Å². The van der Waals surface area contributed by atoms with E-state index >= 15 is 0 Å². The molecule has 0 amide bonds. The zero-order valence-corrected chi connectivity index (χ0v) is 13.1. The summed E-state index contributed by atoms with van der Waals surface area (Å²) in [7, 11) is 1.63. The third-order valence-electron chi connectivity index (χ3n) is 4.45. The van der Waals surface area contributed by atoms with E-state index in [4.69, 9.17) is 15.2 Å². The van der Waals surface area contributed by atoms with E-state index in [1.54, 1.807) is 7.11 Å². The average molecular weight is 277 g/mol. The number of anilines is 1. The van der Waals surface area contributed by atoms with Gasteiger partial charge in [0.05, 0.1) is 12.8 Å². The SMILES string of the molecule is COc1cc(OC2CC(C)CCC2C(C)C)ccc1N. The van der Waals surface area contributed by atoms with Crippen molar-refractivity contribution in [1.29, 1.82) is 0 Å². The largest absolute Gasteiger partial charge is 0.494 e. The lowest BCUT2D eigenvalue weighted by atomic mass is 9.75. The molecule has 3 nitrogen and oxygen atoms in total. The second-order valence-electron chi connectivity index (χ2n) is 6.39. The summed E-state index contributed by atoms with van der Waals surface area (Å²) in [4.78, 5) is 0. The molecule has 2 rings (SSSR count). The van der Waals surface area contributed by atoms with E-state index in [0.29, 0.717) is 29.4 Å². The minimum atomic E-state index is 0.298. The molecule has 3 unspecified atom stereocenters. The van der Waals surface area contributed by atoms with E-state index in [2.05, 4.69) is 20.8 Å². The van der Waals surface area contributed by atoms with Crippen molar-refractivity contribution in [2.45, 2.75) is 46.1 Å². The van der Waals surface area contributed by atoms with Gasteiger partial charge < -0.3 is 15.2 Å². The highest BCUT2D eigenvalue weighted by molar-refractivity contribution is 5.55. The van der Waals surface area contributed by atoms with Crippen molar-refractivity contribution in [2.24, 2.45) is 17.8 Å². The first-order valence-corrected chi connectivity index (χ1v) is 7.61. The fraction of sp³-hybridized carbons (Fsp3) is 0.647. The second kappa shape index (κ2) is 6.38. The number of methoxy groups -OCH3 is 1. The normalized spacial score (nSPS) is 26.6. The quantitative estimate of drug-likeness (QED) is 0.842. The molecule has 0 spiro atoms. The number of benzene rings is 1. The van der Waals surface area contributed by atoms with Crippen LogP contribution in [0, 0.1) is 17.8 Å². The van der Waals surface area contributed by atoms with Gasteiger partial charge in [-0.05, 0) is 42.7 Å². The van der Waals surface area contributed by atoms with E-state index in [-0.39, 0.29) is 0 Å². The Morgan fingerprint density at radius 3 is 2.65 bits per heavy atom. The third kappa shape index (κ3) is 3.38. The molecule has 0 aromatic heterocycles. The predicted octanol–water partition coefficient (Wildman–Crippen LogP) is 4.12. The van der Waals surface area contributed by atoms with Gasteiger partial charge in [-0.25, -0.2) is 0 Å². The molecule has 112 valence electrons. The van der Waals surface area contributed by atoms with Gasteiger partial charge in [0.1, 0.15) is 17.6 Å². The summed E-state index contributed by atoms with van der Waals surface area (Å²) < 4.78 is 11.5. The average Bonchev–Trinajstić information content (AvgIpc) is 2.40. The summed E-state index contributed by atoms with van der Waals surface area (Å²) in [5, 5.41) is 0. The van der Waals surface area contributed by atoms with E-state index in [9.17, 15) is 0 Å². The lowest BCUT2D eigenvalue weighted by Gasteiger charge is -2.37. The predicted molar refractivity (Wildman–Crippen MR) is 83.2 cm³/mol. The molecule has 1 aromatic carbocycles. The van der Waals surface area contributed by atoms with Crippen molar-refractivity contribution in [3.63, 3.8) is 0 Å². The molecule has 2 N–H and O–H groups in total. The first-order chi connectivity index (χ1) is 9.51. The number of hydrogen-bond acceptors (Lipinski definition) is 3. The molecule has 0 saturated heterocycles. The van der Waals surface area contributed by atoms with E-state index in [1.807, 2.05) is 18.2 Å². The van der Waals surface area contributed by atoms with Gasteiger partial charge in [0, 0.05) is 6.07 Å². The fourth-order valence-corrected chi connectivity index (χ4v) is 3.19. The van der Waals surface area contributed by atoms with Crippen molar-refractivity contribution in [3.8, 4) is 11.5 Å². The van der Waals surface area contributed by atoms with Crippen LogP contribution in [0.2, 0.25) is 0 Å². The molecule has 1 saturated carbocycles. The Hall–Kier alpha value is -1.38. The van der Waals surface area contributed by atoms with Gasteiger partial charge in [-0.15, -0.1) is 0 Å². The Bertz CT molecular complexity index is 445. The molecular formula is C17H27NO2. The van der Waals surface area contributed by atoms with Gasteiger partial charge in [-0.1, -0.05) is 27.2 Å². The molecule has 1 aliphatic rings. The molecule has 1 aliphatic carbocycles. The lowest BCUT2D eigenvalue weighted by molar-refractivity contribution is 0.0459. The number of rotatable bonds is 4. The summed E-state index contributed by atoms with van der Waals surface area (Å²) >= 11 is 0. The zero-order valence-electron chi connectivity index (χ0n) is 13.1. The molecule has 3 atom stereocenters. The summed E-state index contributed by atoms with van der Waals surface area (Å²) in [5.41, 5.74) is 6.50. The first-order valence-electron chi connectivity index (χ1n) is 7.61. The van der Waals surface area contributed by atoms with Crippen LogP contribution >= 0.6 is 0 Å². The van der Waals surface area contributed by atoms with Crippen molar-refractivity contribution in [3.05, 3.63) is 18.2 Å². The molecule has 3 heteroatoms. The second-order valence-corrected chi connectivity index (χ2v) is 6.39. The summed E-state index contributed by atoms with van der Waals surface area (Å²) in [6.45, 7) is 6.90. The fourth-order valence-electron chi connectivity index (χ4n) is 3.19. The van der Waals surface area contributed by atoms with Crippen LogP contribution in [0.15, 0.2) is 18.2 Å². The summed E-state index contributed by atoms with van der Waals surface area (Å²) in [5.74, 6) is 3.58. The van der Waals surface area contributed by atoms with Crippen molar-refractivity contribution >= 4 is 5.69 Å². The molecule has 0 bridgehead atoms. The molecule has 1 fully saturated rings. The number of ether oxygens (including phenoxy) is 2. The summed E-state index contributed by atoms with van der Waals surface area (Å²) in [6, 6.07) is 5.69.